The molecule has 0 spiro atoms. The van der Waals surface area contributed by atoms with Crippen molar-refractivity contribution in [2.45, 2.75) is 13.5 Å². The number of hydrogen-bond acceptors (Lipinski definition) is 3. The zero-order valence-electron chi connectivity index (χ0n) is 8.51. The highest BCUT2D eigenvalue weighted by atomic mass is 16.5. The normalized spacial score (nSPS) is 10.5. The van der Waals surface area contributed by atoms with E-state index in [1.807, 2.05) is 41.9 Å². The van der Waals surface area contributed by atoms with Gasteiger partial charge in [-0.2, -0.15) is 5.10 Å². The molecule has 1 heterocycles. The molecule has 1 aromatic heterocycles. The maximum absolute atomic E-state index is 8.55. The lowest BCUT2D eigenvalue weighted by atomic mass is 10.2. The van der Waals surface area contributed by atoms with Crippen LogP contribution < -0.4 is 5.48 Å². The number of benzene rings is 1. The van der Waals surface area contributed by atoms with Gasteiger partial charge in [0.25, 0.3) is 0 Å². The molecule has 0 aliphatic rings. The van der Waals surface area contributed by atoms with Gasteiger partial charge in [-0.25, -0.2) is 10.2 Å². The van der Waals surface area contributed by atoms with Gasteiger partial charge in [-0.05, 0) is 30.7 Å². The molecule has 15 heavy (non-hydrogen) atoms. The second-order valence-corrected chi connectivity index (χ2v) is 3.39. The minimum Gasteiger partial charge on any atom is -0.316 e. The summed E-state index contributed by atoms with van der Waals surface area (Å²) < 4.78 is 1.87. The molecular weight excluding hydrogens is 190 g/mol. The van der Waals surface area contributed by atoms with E-state index in [2.05, 4.69) is 10.6 Å². The van der Waals surface area contributed by atoms with Crippen molar-refractivity contribution in [3.05, 3.63) is 47.8 Å². The van der Waals surface area contributed by atoms with Crippen molar-refractivity contribution in [3.63, 3.8) is 0 Å². The van der Waals surface area contributed by atoms with Gasteiger partial charge in [-0.1, -0.05) is 12.1 Å². The average Bonchev–Trinajstić information content (AvgIpc) is 2.66. The molecular formula is C11H13N3O. The quantitative estimate of drug-likeness (QED) is 0.746. The molecule has 0 bridgehead atoms. The van der Waals surface area contributed by atoms with E-state index < -0.39 is 0 Å². The average molecular weight is 203 g/mol. The third-order valence-corrected chi connectivity index (χ3v) is 2.30. The molecule has 0 saturated heterocycles. The Labute approximate surface area is 88.1 Å². The number of hydroxylamine groups is 1. The van der Waals surface area contributed by atoms with Crippen molar-refractivity contribution >= 4 is 0 Å². The summed E-state index contributed by atoms with van der Waals surface area (Å²) in [6.07, 6.45) is 1.78. The van der Waals surface area contributed by atoms with Gasteiger partial charge in [0.15, 0.2) is 0 Å². The van der Waals surface area contributed by atoms with Gasteiger partial charge in [0.2, 0.25) is 0 Å². The van der Waals surface area contributed by atoms with E-state index in [-0.39, 0.29) is 0 Å². The molecule has 0 unspecified atom stereocenters. The molecule has 0 amide bonds. The summed E-state index contributed by atoms with van der Waals surface area (Å²) in [5, 5.41) is 12.8. The van der Waals surface area contributed by atoms with Crippen molar-refractivity contribution in [1.82, 2.24) is 15.3 Å². The van der Waals surface area contributed by atoms with E-state index in [9.17, 15) is 0 Å². The van der Waals surface area contributed by atoms with Gasteiger partial charge in [-0.15, -0.1) is 0 Å². The number of rotatable bonds is 3. The molecule has 0 saturated carbocycles. The lowest BCUT2D eigenvalue weighted by Crippen LogP contribution is -2.06. The number of nitrogens with zero attached hydrogens (tertiary/aromatic N) is 2. The van der Waals surface area contributed by atoms with Crippen molar-refractivity contribution in [2.24, 2.45) is 0 Å². The van der Waals surface area contributed by atoms with Crippen LogP contribution in [0, 0.1) is 6.92 Å². The third kappa shape index (κ3) is 2.06. The summed E-state index contributed by atoms with van der Waals surface area (Å²) >= 11 is 0. The predicted molar refractivity (Wildman–Crippen MR) is 56.9 cm³/mol. The molecule has 0 aliphatic heterocycles. The maximum Gasteiger partial charge on any atom is 0.0648 e. The highest BCUT2D eigenvalue weighted by molar-refractivity contribution is 5.35. The summed E-state index contributed by atoms with van der Waals surface area (Å²) in [6.45, 7) is 2.47. The van der Waals surface area contributed by atoms with E-state index in [0.717, 1.165) is 16.9 Å². The van der Waals surface area contributed by atoms with E-state index in [1.54, 1.807) is 6.20 Å². The van der Waals surface area contributed by atoms with Crippen LogP contribution in [0.15, 0.2) is 36.5 Å². The first-order valence-corrected chi connectivity index (χ1v) is 4.78. The van der Waals surface area contributed by atoms with Crippen LogP contribution in [0.4, 0.5) is 0 Å². The monoisotopic (exact) mass is 203 g/mol. The van der Waals surface area contributed by atoms with E-state index in [0.29, 0.717) is 6.54 Å². The first-order chi connectivity index (χ1) is 7.31. The van der Waals surface area contributed by atoms with Crippen LogP contribution in [-0.2, 0) is 6.54 Å². The first kappa shape index (κ1) is 9.89. The Hall–Kier alpha value is -1.65. The van der Waals surface area contributed by atoms with Gasteiger partial charge < -0.3 is 5.21 Å². The second-order valence-electron chi connectivity index (χ2n) is 3.39. The minimum atomic E-state index is 0.457. The Morgan fingerprint density at radius 1 is 1.27 bits per heavy atom. The standard InChI is InChI=1S/C11H13N3O/c1-9-6-7-12-14(9)11-4-2-10(3-5-11)8-13-15/h2-7,13,15H,8H2,1H3. The molecule has 4 nitrogen and oxygen atoms in total. The third-order valence-electron chi connectivity index (χ3n) is 2.30. The highest BCUT2D eigenvalue weighted by Crippen LogP contribution is 2.10. The molecule has 0 fully saturated rings. The summed E-state index contributed by atoms with van der Waals surface area (Å²) in [4.78, 5) is 0. The van der Waals surface area contributed by atoms with E-state index in [1.165, 1.54) is 0 Å². The lowest BCUT2D eigenvalue weighted by molar-refractivity contribution is 0.161. The molecule has 0 atom stereocenters. The SMILES string of the molecule is Cc1ccnn1-c1ccc(CNO)cc1. The van der Waals surface area contributed by atoms with Crippen LogP contribution in [0.25, 0.3) is 5.69 Å². The number of aromatic nitrogens is 2. The molecule has 0 aliphatic carbocycles. The van der Waals surface area contributed by atoms with Gasteiger partial charge in [-0.3, -0.25) is 0 Å². The molecule has 4 heteroatoms. The molecule has 78 valence electrons. The van der Waals surface area contributed by atoms with Gasteiger partial charge in [0, 0.05) is 18.4 Å². The van der Waals surface area contributed by atoms with E-state index >= 15 is 0 Å². The fraction of sp³-hybridized carbons (Fsp3) is 0.182. The fourth-order valence-electron chi connectivity index (χ4n) is 1.49. The topological polar surface area (TPSA) is 50.1 Å². The van der Waals surface area contributed by atoms with Crippen LogP contribution in [0.2, 0.25) is 0 Å². The predicted octanol–water partition coefficient (Wildman–Crippen LogP) is 1.66. The van der Waals surface area contributed by atoms with Crippen molar-refractivity contribution < 1.29 is 5.21 Å². The number of hydrogen-bond donors (Lipinski definition) is 2. The van der Waals surface area contributed by atoms with Crippen molar-refractivity contribution in [2.75, 3.05) is 0 Å². The maximum atomic E-state index is 8.55. The summed E-state index contributed by atoms with van der Waals surface area (Å²) in [6, 6.07) is 9.84. The molecule has 2 N–H and O–H groups in total. The van der Waals surface area contributed by atoms with Gasteiger partial charge in [0.05, 0.1) is 5.69 Å². The fourth-order valence-corrected chi connectivity index (χ4v) is 1.49. The first-order valence-electron chi connectivity index (χ1n) is 4.78. The smallest absolute Gasteiger partial charge is 0.0648 e. The highest BCUT2D eigenvalue weighted by Gasteiger charge is 2.00. The number of aryl methyl sites for hydroxylation is 1. The van der Waals surface area contributed by atoms with Crippen LogP contribution in [0.5, 0.6) is 0 Å². The Morgan fingerprint density at radius 3 is 2.53 bits per heavy atom. The molecule has 2 aromatic rings. The second kappa shape index (κ2) is 4.25. The Kier molecular flexibility index (Phi) is 2.80. The summed E-state index contributed by atoms with van der Waals surface area (Å²) in [5.41, 5.74) is 5.29. The van der Waals surface area contributed by atoms with Crippen LogP contribution in [-0.4, -0.2) is 15.0 Å². The van der Waals surface area contributed by atoms with Gasteiger partial charge in [0.1, 0.15) is 0 Å². The summed E-state index contributed by atoms with van der Waals surface area (Å²) in [7, 11) is 0. The van der Waals surface area contributed by atoms with Crippen LogP contribution >= 0.6 is 0 Å². The molecule has 2 rings (SSSR count). The van der Waals surface area contributed by atoms with Crippen molar-refractivity contribution in [1.29, 1.82) is 0 Å². The zero-order chi connectivity index (χ0) is 10.7. The Bertz CT molecular complexity index is 433. The largest absolute Gasteiger partial charge is 0.316 e. The minimum absolute atomic E-state index is 0.457. The van der Waals surface area contributed by atoms with Crippen molar-refractivity contribution in [3.8, 4) is 5.69 Å². The Balaban J connectivity index is 2.28. The van der Waals surface area contributed by atoms with Gasteiger partial charge >= 0.3 is 0 Å². The van der Waals surface area contributed by atoms with Crippen LogP contribution in [0.1, 0.15) is 11.3 Å². The zero-order valence-corrected chi connectivity index (χ0v) is 8.51. The lowest BCUT2D eigenvalue weighted by Gasteiger charge is -2.05. The number of nitrogens with one attached hydrogen (secondary N) is 1. The Morgan fingerprint density at radius 2 is 2.00 bits per heavy atom. The molecule has 0 radical (unpaired) electrons. The van der Waals surface area contributed by atoms with E-state index in [4.69, 9.17) is 5.21 Å². The summed E-state index contributed by atoms with van der Waals surface area (Å²) in [5.74, 6) is 0. The molecule has 1 aromatic carbocycles. The van der Waals surface area contributed by atoms with Crippen LogP contribution in [0.3, 0.4) is 0 Å².